The molecule has 0 fully saturated rings. The van der Waals surface area contributed by atoms with Crippen molar-refractivity contribution in [2.45, 2.75) is 12.5 Å². The van der Waals surface area contributed by atoms with Crippen molar-refractivity contribution in [3.8, 4) is 0 Å². The Morgan fingerprint density at radius 2 is 1.96 bits per heavy atom. The van der Waals surface area contributed by atoms with E-state index in [0.717, 1.165) is 23.8 Å². The number of rotatable bonds is 5. The number of aliphatic hydroxyl groups excluding tert-OH is 1. The largest absolute Gasteiger partial charge is 0.388 e. The van der Waals surface area contributed by atoms with Crippen molar-refractivity contribution in [3.63, 3.8) is 0 Å². The number of amides is 2. The summed E-state index contributed by atoms with van der Waals surface area (Å²) < 4.78 is 25.8. The van der Waals surface area contributed by atoms with Crippen molar-refractivity contribution in [2.24, 2.45) is 0 Å². The summed E-state index contributed by atoms with van der Waals surface area (Å²) >= 11 is 1.45. The van der Waals surface area contributed by atoms with Crippen molar-refractivity contribution in [2.75, 3.05) is 11.9 Å². The van der Waals surface area contributed by atoms with Crippen molar-refractivity contribution >= 4 is 28.8 Å². The van der Waals surface area contributed by atoms with E-state index in [0.29, 0.717) is 0 Å². The molecule has 2 amide bonds. The topological polar surface area (TPSA) is 78.4 Å². The van der Waals surface area contributed by atoms with Crippen LogP contribution >= 0.6 is 11.3 Å². The predicted octanol–water partition coefficient (Wildman–Crippen LogP) is 2.20. The van der Waals surface area contributed by atoms with Crippen LogP contribution in [0, 0.1) is 11.6 Å². The van der Waals surface area contributed by atoms with E-state index in [1.54, 1.807) is 11.4 Å². The molecule has 0 spiro atoms. The van der Waals surface area contributed by atoms with Crippen LogP contribution in [0.5, 0.6) is 0 Å². The molecule has 122 valence electrons. The van der Waals surface area contributed by atoms with E-state index in [4.69, 9.17) is 0 Å². The van der Waals surface area contributed by atoms with E-state index >= 15 is 0 Å². The van der Waals surface area contributed by atoms with Crippen molar-refractivity contribution in [1.29, 1.82) is 0 Å². The minimum atomic E-state index is -1.12. The number of halogens is 2. The molecule has 2 rings (SSSR count). The fourth-order valence-corrected chi connectivity index (χ4v) is 2.50. The molecule has 1 aromatic heterocycles. The van der Waals surface area contributed by atoms with Gasteiger partial charge in [0.1, 0.15) is 0 Å². The molecule has 0 aliphatic heterocycles. The molecule has 1 heterocycles. The highest BCUT2D eigenvalue weighted by Gasteiger charge is 2.15. The van der Waals surface area contributed by atoms with Crippen LogP contribution in [0.3, 0.4) is 0 Å². The molecule has 3 N–H and O–H groups in total. The third-order valence-electron chi connectivity index (χ3n) is 3.01. The maximum Gasteiger partial charge on any atom is 0.313 e. The minimum absolute atomic E-state index is 0.0256. The summed E-state index contributed by atoms with van der Waals surface area (Å²) in [7, 11) is 0. The molecular formula is C15H14F2N2O3S. The number of hydrogen-bond donors (Lipinski definition) is 3. The molecule has 2 aromatic rings. The molecule has 1 atom stereocenters. The molecule has 1 aromatic carbocycles. The fourth-order valence-electron chi connectivity index (χ4n) is 1.80. The van der Waals surface area contributed by atoms with E-state index in [1.807, 2.05) is 5.38 Å². The van der Waals surface area contributed by atoms with Crippen LogP contribution in [0.25, 0.3) is 0 Å². The lowest BCUT2D eigenvalue weighted by Gasteiger charge is -2.10. The van der Waals surface area contributed by atoms with Gasteiger partial charge in [-0.15, -0.1) is 0 Å². The van der Waals surface area contributed by atoms with Crippen molar-refractivity contribution in [3.05, 3.63) is 52.2 Å². The van der Waals surface area contributed by atoms with Crippen LogP contribution in [0.15, 0.2) is 35.0 Å². The van der Waals surface area contributed by atoms with Gasteiger partial charge in [-0.3, -0.25) is 9.59 Å². The Morgan fingerprint density at radius 1 is 1.17 bits per heavy atom. The lowest BCUT2D eigenvalue weighted by Crippen LogP contribution is -2.36. The van der Waals surface area contributed by atoms with Gasteiger partial charge in [0, 0.05) is 18.3 Å². The van der Waals surface area contributed by atoms with Crippen LogP contribution in [-0.4, -0.2) is 23.5 Å². The SMILES string of the molecule is O=C(NCCC(O)c1ccsc1)C(=O)Nc1ccc(F)c(F)c1. The number of nitrogens with one attached hydrogen (secondary N) is 2. The summed E-state index contributed by atoms with van der Waals surface area (Å²) in [5.41, 5.74) is 0.720. The number of benzene rings is 1. The van der Waals surface area contributed by atoms with Gasteiger partial charge in [-0.2, -0.15) is 11.3 Å². The molecule has 1 unspecified atom stereocenters. The molecule has 0 saturated heterocycles. The van der Waals surface area contributed by atoms with Gasteiger partial charge < -0.3 is 15.7 Å². The number of hydrogen-bond acceptors (Lipinski definition) is 4. The lowest BCUT2D eigenvalue weighted by atomic mass is 10.1. The monoisotopic (exact) mass is 340 g/mol. The van der Waals surface area contributed by atoms with Crippen LogP contribution in [-0.2, 0) is 9.59 Å². The Bertz CT molecular complexity index is 692. The standard InChI is InChI=1S/C15H14F2N2O3S/c16-11-2-1-10(7-12(11)17)19-15(22)14(21)18-5-3-13(20)9-4-6-23-8-9/h1-2,4,6-8,13,20H,3,5H2,(H,18,21)(H,19,22). The second-order valence-corrected chi connectivity index (χ2v) is 5.48. The van der Waals surface area contributed by atoms with Crippen LogP contribution in [0.2, 0.25) is 0 Å². The fraction of sp³-hybridized carbons (Fsp3) is 0.200. The maximum atomic E-state index is 13.0. The zero-order valence-corrected chi connectivity index (χ0v) is 12.7. The summed E-state index contributed by atoms with van der Waals surface area (Å²) in [6.07, 6.45) is -0.475. The second kappa shape index (κ2) is 7.80. The maximum absolute atomic E-state index is 13.0. The highest BCUT2D eigenvalue weighted by atomic mass is 32.1. The first-order valence-electron chi connectivity index (χ1n) is 6.72. The Kier molecular flexibility index (Phi) is 5.78. The van der Waals surface area contributed by atoms with Gasteiger partial charge in [-0.1, -0.05) is 0 Å². The van der Waals surface area contributed by atoms with Crippen LogP contribution in [0.4, 0.5) is 14.5 Å². The van der Waals surface area contributed by atoms with E-state index in [2.05, 4.69) is 10.6 Å². The van der Waals surface area contributed by atoms with Gasteiger partial charge in [0.05, 0.1) is 6.10 Å². The quantitative estimate of drug-likeness (QED) is 0.730. The number of carbonyl (C=O) groups is 2. The molecular weight excluding hydrogens is 326 g/mol. The first kappa shape index (κ1) is 17.0. The molecule has 5 nitrogen and oxygen atoms in total. The summed E-state index contributed by atoms with van der Waals surface area (Å²) in [5.74, 6) is -4.09. The molecule has 0 saturated carbocycles. The Hall–Kier alpha value is -2.32. The number of thiophene rings is 1. The highest BCUT2D eigenvalue weighted by Crippen LogP contribution is 2.18. The molecule has 23 heavy (non-hydrogen) atoms. The van der Waals surface area contributed by atoms with E-state index < -0.39 is 29.6 Å². The Labute approximate surface area is 135 Å². The van der Waals surface area contributed by atoms with Gasteiger partial charge in [-0.25, -0.2) is 8.78 Å². The summed E-state index contributed by atoms with van der Waals surface area (Å²) in [6.45, 7) is 0.0983. The second-order valence-electron chi connectivity index (χ2n) is 4.70. The van der Waals surface area contributed by atoms with E-state index in [-0.39, 0.29) is 18.7 Å². The van der Waals surface area contributed by atoms with Gasteiger partial charge >= 0.3 is 11.8 Å². The number of carbonyl (C=O) groups excluding carboxylic acids is 2. The molecule has 0 aliphatic carbocycles. The van der Waals surface area contributed by atoms with Gasteiger partial charge in [0.2, 0.25) is 0 Å². The van der Waals surface area contributed by atoms with E-state index in [1.165, 1.54) is 11.3 Å². The highest BCUT2D eigenvalue weighted by molar-refractivity contribution is 7.07. The normalized spacial score (nSPS) is 11.8. The minimum Gasteiger partial charge on any atom is -0.388 e. The Balaban J connectivity index is 1.78. The smallest absolute Gasteiger partial charge is 0.313 e. The molecule has 8 heteroatoms. The first-order valence-corrected chi connectivity index (χ1v) is 7.66. The summed E-state index contributed by atoms with van der Waals surface area (Å²) in [4.78, 5) is 23.2. The lowest BCUT2D eigenvalue weighted by molar-refractivity contribution is -0.136. The zero-order valence-electron chi connectivity index (χ0n) is 11.9. The van der Waals surface area contributed by atoms with Crippen molar-refractivity contribution < 1.29 is 23.5 Å². The Morgan fingerprint density at radius 3 is 2.61 bits per heavy atom. The summed E-state index contributed by atoms with van der Waals surface area (Å²) in [6, 6.07) is 4.54. The summed E-state index contributed by atoms with van der Waals surface area (Å²) in [5, 5.41) is 18.0. The van der Waals surface area contributed by atoms with E-state index in [9.17, 15) is 23.5 Å². The van der Waals surface area contributed by atoms with Crippen molar-refractivity contribution in [1.82, 2.24) is 5.32 Å². The van der Waals surface area contributed by atoms with Gasteiger partial charge in [0.25, 0.3) is 0 Å². The third-order valence-corrected chi connectivity index (χ3v) is 3.72. The average Bonchev–Trinajstić information content (AvgIpc) is 3.05. The molecule has 0 radical (unpaired) electrons. The number of anilines is 1. The average molecular weight is 340 g/mol. The van der Waals surface area contributed by atoms with Crippen LogP contribution in [0.1, 0.15) is 18.1 Å². The van der Waals surface area contributed by atoms with Gasteiger partial charge in [-0.05, 0) is 40.9 Å². The molecule has 0 bridgehead atoms. The zero-order chi connectivity index (χ0) is 16.8. The van der Waals surface area contributed by atoms with Crippen LogP contribution < -0.4 is 10.6 Å². The molecule has 0 aliphatic rings. The van der Waals surface area contributed by atoms with Gasteiger partial charge in [0.15, 0.2) is 11.6 Å². The third kappa shape index (κ3) is 4.83. The first-order chi connectivity index (χ1) is 11.0. The predicted molar refractivity (Wildman–Crippen MR) is 81.9 cm³/mol. The number of aliphatic hydroxyl groups is 1.